The highest BCUT2D eigenvalue weighted by molar-refractivity contribution is 14.1. The first-order valence-corrected chi connectivity index (χ1v) is 9.18. The first kappa shape index (κ1) is 17.1. The topological polar surface area (TPSA) is 47.8 Å². The van der Waals surface area contributed by atoms with E-state index >= 15 is 0 Å². The van der Waals surface area contributed by atoms with Crippen LogP contribution in [0, 0.1) is 9.39 Å². The van der Waals surface area contributed by atoms with E-state index in [1.165, 1.54) is 17.8 Å². The molecule has 0 N–H and O–H groups in total. The summed E-state index contributed by atoms with van der Waals surface area (Å²) in [6.45, 7) is 0. The van der Waals surface area contributed by atoms with Crippen LogP contribution < -0.4 is 0 Å². The van der Waals surface area contributed by atoms with Gasteiger partial charge in [0.2, 0.25) is 0 Å². The highest BCUT2D eigenvalue weighted by Crippen LogP contribution is 2.25. The van der Waals surface area contributed by atoms with E-state index in [1.54, 1.807) is 29.8 Å². The minimum atomic E-state index is -0.348. The lowest BCUT2D eigenvalue weighted by Gasteiger charge is -2.05. The summed E-state index contributed by atoms with van der Waals surface area (Å²) >= 11 is 3.49. The Kier molecular flexibility index (Phi) is 5.30. The molecular weight excluding hydrogens is 440 g/mol. The molecule has 0 saturated carbocycles. The SMILES string of the molecule is Cn1c(SCC(=O)c2ccc(I)cc2)nnc1-c1ccccc1F. The standard InChI is InChI=1S/C17H13FIN3OS/c1-22-16(13-4-2-3-5-14(13)18)20-21-17(22)24-10-15(23)11-6-8-12(19)9-7-11/h2-9H,10H2,1H3. The lowest BCUT2D eigenvalue weighted by atomic mass is 10.2. The summed E-state index contributed by atoms with van der Waals surface area (Å²) in [7, 11) is 1.76. The molecule has 0 radical (unpaired) electrons. The Bertz CT molecular complexity index is 880. The van der Waals surface area contributed by atoms with Crippen molar-refractivity contribution >= 4 is 40.1 Å². The summed E-state index contributed by atoms with van der Waals surface area (Å²) < 4.78 is 16.7. The van der Waals surface area contributed by atoms with Crippen LogP contribution in [-0.4, -0.2) is 26.3 Å². The molecule has 3 rings (SSSR count). The van der Waals surface area contributed by atoms with Gasteiger partial charge in [0.15, 0.2) is 16.8 Å². The molecule has 0 spiro atoms. The average molecular weight is 453 g/mol. The molecule has 0 fully saturated rings. The molecule has 1 aromatic heterocycles. The van der Waals surface area contributed by atoms with Crippen molar-refractivity contribution in [1.29, 1.82) is 0 Å². The van der Waals surface area contributed by atoms with Gasteiger partial charge < -0.3 is 4.57 Å². The van der Waals surface area contributed by atoms with Crippen molar-refractivity contribution in [1.82, 2.24) is 14.8 Å². The van der Waals surface area contributed by atoms with E-state index in [1.807, 2.05) is 24.3 Å². The first-order chi connectivity index (χ1) is 11.6. The fraction of sp³-hybridized carbons (Fsp3) is 0.118. The Labute approximate surface area is 156 Å². The van der Waals surface area contributed by atoms with E-state index in [4.69, 9.17) is 0 Å². The molecule has 2 aromatic carbocycles. The fourth-order valence-electron chi connectivity index (χ4n) is 2.17. The van der Waals surface area contributed by atoms with E-state index < -0.39 is 0 Å². The van der Waals surface area contributed by atoms with Crippen LogP contribution in [0.4, 0.5) is 4.39 Å². The van der Waals surface area contributed by atoms with Gasteiger partial charge in [0.1, 0.15) is 5.82 Å². The molecule has 0 amide bonds. The Morgan fingerprint density at radius 1 is 1.17 bits per heavy atom. The summed E-state index contributed by atoms with van der Waals surface area (Å²) in [6.07, 6.45) is 0. The zero-order chi connectivity index (χ0) is 17.1. The minimum absolute atomic E-state index is 0.0202. The normalized spacial score (nSPS) is 10.8. The van der Waals surface area contributed by atoms with Crippen molar-refractivity contribution < 1.29 is 9.18 Å². The number of rotatable bonds is 5. The van der Waals surface area contributed by atoms with Crippen LogP contribution in [0.2, 0.25) is 0 Å². The van der Waals surface area contributed by atoms with Crippen molar-refractivity contribution in [2.45, 2.75) is 5.16 Å². The zero-order valence-corrected chi connectivity index (χ0v) is 15.7. The number of carbonyl (C=O) groups is 1. The highest BCUT2D eigenvalue weighted by atomic mass is 127. The maximum atomic E-state index is 13.9. The van der Waals surface area contributed by atoms with E-state index in [9.17, 15) is 9.18 Å². The van der Waals surface area contributed by atoms with Crippen LogP contribution in [0.25, 0.3) is 11.4 Å². The monoisotopic (exact) mass is 453 g/mol. The number of Topliss-reactive ketones (excluding diaryl/α,β-unsaturated/α-hetero) is 1. The van der Waals surface area contributed by atoms with Gasteiger partial charge in [0, 0.05) is 16.2 Å². The Morgan fingerprint density at radius 2 is 1.88 bits per heavy atom. The Balaban J connectivity index is 1.74. The quantitative estimate of drug-likeness (QED) is 0.330. The number of thioether (sulfide) groups is 1. The summed E-state index contributed by atoms with van der Waals surface area (Å²) in [5.41, 5.74) is 1.06. The van der Waals surface area contributed by atoms with E-state index in [2.05, 4.69) is 32.8 Å². The Hall–Kier alpha value is -1.74. The molecule has 7 heteroatoms. The van der Waals surface area contributed by atoms with E-state index in [0.717, 1.165) is 3.57 Å². The minimum Gasteiger partial charge on any atom is -0.305 e. The van der Waals surface area contributed by atoms with Gasteiger partial charge in [-0.3, -0.25) is 4.79 Å². The number of carbonyl (C=O) groups excluding carboxylic acids is 1. The average Bonchev–Trinajstić information content (AvgIpc) is 2.94. The largest absolute Gasteiger partial charge is 0.305 e. The summed E-state index contributed by atoms with van der Waals surface area (Å²) in [4.78, 5) is 12.2. The van der Waals surface area contributed by atoms with Gasteiger partial charge >= 0.3 is 0 Å². The lowest BCUT2D eigenvalue weighted by Crippen LogP contribution is -2.04. The lowest BCUT2D eigenvalue weighted by molar-refractivity contribution is 0.102. The van der Waals surface area contributed by atoms with Crippen LogP contribution in [0.15, 0.2) is 53.7 Å². The molecule has 4 nitrogen and oxygen atoms in total. The molecule has 0 atom stereocenters. The molecule has 0 unspecified atom stereocenters. The predicted octanol–water partition coefficient (Wildman–Crippen LogP) is 4.20. The summed E-state index contributed by atoms with van der Waals surface area (Å²) in [6, 6.07) is 13.8. The van der Waals surface area contributed by atoms with E-state index in [0.29, 0.717) is 22.1 Å². The predicted molar refractivity (Wildman–Crippen MR) is 101 cm³/mol. The van der Waals surface area contributed by atoms with Crippen LogP contribution in [-0.2, 0) is 7.05 Å². The molecular formula is C17H13FIN3OS. The molecule has 1 heterocycles. The second kappa shape index (κ2) is 7.43. The van der Waals surface area contributed by atoms with Crippen molar-refractivity contribution in [3.05, 3.63) is 63.5 Å². The number of aromatic nitrogens is 3. The van der Waals surface area contributed by atoms with Crippen LogP contribution >= 0.6 is 34.4 Å². The van der Waals surface area contributed by atoms with Gasteiger partial charge in [0.25, 0.3) is 0 Å². The van der Waals surface area contributed by atoms with Gasteiger partial charge in [-0.25, -0.2) is 4.39 Å². The number of halogens is 2. The smallest absolute Gasteiger partial charge is 0.191 e. The van der Waals surface area contributed by atoms with Gasteiger partial charge in [-0.2, -0.15) is 0 Å². The van der Waals surface area contributed by atoms with Crippen molar-refractivity contribution in [2.24, 2.45) is 7.05 Å². The van der Waals surface area contributed by atoms with Gasteiger partial charge in [-0.15, -0.1) is 10.2 Å². The number of hydrogen-bond acceptors (Lipinski definition) is 4. The molecule has 0 bridgehead atoms. The third kappa shape index (κ3) is 3.67. The molecule has 0 aliphatic rings. The maximum Gasteiger partial charge on any atom is 0.191 e. The number of nitrogens with zero attached hydrogens (tertiary/aromatic N) is 3. The zero-order valence-electron chi connectivity index (χ0n) is 12.7. The van der Waals surface area contributed by atoms with Crippen molar-refractivity contribution in [2.75, 3.05) is 5.75 Å². The molecule has 3 aromatic rings. The maximum absolute atomic E-state index is 13.9. The van der Waals surface area contributed by atoms with Gasteiger partial charge in [-0.05, 0) is 46.9 Å². The first-order valence-electron chi connectivity index (χ1n) is 7.12. The van der Waals surface area contributed by atoms with Crippen LogP contribution in [0.1, 0.15) is 10.4 Å². The summed E-state index contributed by atoms with van der Waals surface area (Å²) in [5.74, 6) is 0.368. The molecule has 0 aliphatic heterocycles. The Morgan fingerprint density at radius 3 is 2.58 bits per heavy atom. The van der Waals surface area contributed by atoms with Crippen molar-refractivity contribution in [3.63, 3.8) is 0 Å². The van der Waals surface area contributed by atoms with Crippen molar-refractivity contribution in [3.8, 4) is 11.4 Å². The highest BCUT2D eigenvalue weighted by Gasteiger charge is 2.15. The number of hydrogen-bond donors (Lipinski definition) is 0. The van der Waals surface area contributed by atoms with Crippen LogP contribution in [0.3, 0.4) is 0 Å². The third-order valence-corrected chi connectivity index (χ3v) is 5.19. The second-order valence-electron chi connectivity index (χ2n) is 5.06. The number of ketones is 1. The van der Waals surface area contributed by atoms with Gasteiger partial charge in [0.05, 0.1) is 11.3 Å². The third-order valence-electron chi connectivity index (χ3n) is 3.45. The van der Waals surface area contributed by atoms with Gasteiger partial charge in [-0.1, -0.05) is 36.0 Å². The molecule has 122 valence electrons. The summed E-state index contributed by atoms with van der Waals surface area (Å²) in [5, 5.41) is 8.69. The fourth-order valence-corrected chi connectivity index (χ4v) is 3.33. The second-order valence-corrected chi connectivity index (χ2v) is 7.25. The van der Waals surface area contributed by atoms with Crippen LogP contribution in [0.5, 0.6) is 0 Å². The van der Waals surface area contributed by atoms with E-state index in [-0.39, 0.29) is 17.4 Å². The molecule has 0 aliphatic carbocycles. The molecule has 0 saturated heterocycles. The number of benzene rings is 2. The molecule has 24 heavy (non-hydrogen) atoms.